The summed E-state index contributed by atoms with van der Waals surface area (Å²) in [5, 5.41) is 6.34. The number of nitrogens with zero attached hydrogens (tertiary/aromatic N) is 2. The fraction of sp³-hybridized carbons (Fsp3) is 0.123. The number of rotatable bonds is 2. The number of fused-ring (bicyclic) bond motifs is 17. The Labute approximate surface area is 364 Å². The van der Waals surface area contributed by atoms with Crippen molar-refractivity contribution in [2.24, 2.45) is 0 Å². The van der Waals surface area contributed by atoms with E-state index in [9.17, 15) is 0 Å². The van der Waals surface area contributed by atoms with Crippen molar-refractivity contribution in [3.05, 3.63) is 174 Å². The van der Waals surface area contributed by atoms with Crippen LogP contribution in [-0.2, 0) is 10.8 Å². The molecule has 0 atom stereocenters. The number of hydrogen-bond donors (Lipinski definition) is 0. The summed E-state index contributed by atoms with van der Waals surface area (Å²) in [5.74, 6) is 0. The van der Waals surface area contributed by atoms with E-state index in [1.165, 1.54) is 115 Å². The molecule has 11 aromatic rings. The minimum atomic E-state index is -0.281. The monoisotopic (exact) mass is 812 g/mol. The summed E-state index contributed by atoms with van der Waals surface area (Å²) >= 11 is 1.93. The summed E-state index contributed by atoms with van der Waals surface area (Å²) in [6, 6.07) is 59.3. The lowest BCUT2D eigenvalue weighted by Gasteiger charge is -2.44. The highest BCUT2D eigenvalue weighted by molar-refractivity contribution is 7.26. The van der Waals surface area contributed by atoms with Crippen LogP contribution in [-0.4, -0.2) is 11.3 Å². The van der Waals surface area contributed by atoms with Gasteiger partial charge in [0.1, 0.15) is 11.2 Å². The SMILES string of the molecule is CC(C)(C)c1ccc(N2c3ccc4oc5ccccc5c4c3B3c4c(cc5c(c42)C(C)(C)c2ccccc2-5)-c2cccc4c5c6ccccc6sc5n3c24)c(-c2ccccc2)c1. The summed E-state index contributed by atoms with van der Waals surface area (Å²) < 4.78 is 10.9. The first kappa shape index (κ1) is 34.8. The second-order valence-corrected chi connectivity index (χ2v) is 20.2. The standard InChI is InChI=1S/C57H41BN2OS/c1-56(2,3)33-26-27-43(39(30-33)32-16-7-6-8-17-32)59-44-28-29-46-49(36-19-10-13-24-45(36)61-46)52(44)58-51-41(31-40-34-18-9-12-23-42(34)57(4,5)50(40)54(51)59)35-21-15-22-38-48-37-20-11-14-25-47(37)62-55(48)60(58)53(35)38/h6-31H,1-5H3. The number of furan rings is 1. The Bertz CT molecular complexity index is 3780. The molecule has 0 amide bonds. The van der Waals surface area contributed by atoms with Gasteiger partial charge in [0.15, 0.2) is 0 Å². The molecule has 2 aliphatic heterocycles. The summed E-state index contributed by atoms with van der Waals surface area (Å²) in [6.07, 6.45) is 0. The average Bonchev–Trinajstić information content (AvgIpc) is 4.01. The molecular formula is C57H41BN2OS. The van der Waals surface area contributed by atoms with Gasteiger partial charge in [-0.05, 0) is 97.7 Å². The maximum absolute atomic E-state index is 6.82. The predicted octanol–water partition coefficient (Wildman–Crippen LogP) is 14.6. The number of anilines is 3. The second kappa shape index (κ2) is 11.8. The lowest BCUT2D eigenvalue weighted by Crippen LogP contribution is -2.57. The zero-order valence-corrected chi connectivity index (χ0v) is 36.1. The van der Waals surface area contributed by atoms with Crippen LogP contribution in [0.1, 0.15) is 51.3 Å². The minimum absolute atomic E-state index is 0.0369. The molecule has 3 aromatic heterocycles. The summed E-state index contributed by atoms with van der Waals surface area (Å²) in [4.78, 5) is 4.01. The van der Waals surface area contributed by atoms with Crippen molar-refractivity contribution in [1.82, 2.24) is 4.48 Å². The highest BCUT2D eigenvalue weighted by Gasteiger charge is 2.50. The van der Waals surface area contributed by atoms with Gasteiger partial charge in [-0.3, -0.25) is 0 Å². The van der Waals surface area contributed by atoms with Crippen molar-refractivity contribution in [3.8, 4) is 33.4 Å². The van der Waals surface area contributed by atoms with Gasteiger partial charge in [-0.15, -0.1) is 11.3 Å². The van der Waals surface area contributed by atoms with Gasteiger partial charge in [0.2, 0.25) is 0 Å². The van der Waals surface area contributed by atoms with Crippen LogP contribution >= 0.6 is 11.3 Å². The van der Waals surface area contributed by atoms with Crippen molar-refractivity contribution in [2.45, 2.75) is 45.4 Å². The molecule has 14 rings (SSSR count). The maximum Gasteiger partial charge on any atom is 0.334 e. The van der Waals surface area contributed by atoms with Gasteiger partial charge in [0.05, 0.1) is 10.5 Å². The highest BCUT2D eigenvalue weighted by atomic mass is 32.1. The molecule has 0 unspecified atom stereocenters. The normalized spacial score (nSPS) is 14.6. The lowest BCUT2D eigenvalue weighted by atomic mass is 9.44. The molecule has 62 heavy (non-hydrogen) atoms. The molecule has 3 nitrogen and oxygen atoms in total. The third-order valence-corrected chi connectivity index (χ3v) is 15.7. The van der Waals surface area contributed by atoms with Gasteiger partial charge in [0, 0.05) is 65.1 Å². The largest absolute Gasteiger partial charge is 0.456 e. The third kappa shape index (κ3) is 4.27. The fourth-order valence-electron chi connectivity index (χ4n) is 11.8. The quantitative estimate of drug-likeness (QED) is 0.162. The summed E-state index contributed by atoms with van der Waals surface area (Å²) in [5.41, 5.74) is 21.0. The second-order valence-electron chi connectivity index (χ2n) is 19.2. The zero-order valence-electron chi connectivity index (χ0n) is 35.3. The van der Waals surface area contributed by atoms with Crippen LogP contribution in [0.15, 0.2) is 162 Å². The first-order chi connectivity index (χ1) is 30.2. The Kier molecular flexibility index (Phi) is 6.61. The summed E-state index contributed by atoms with van der Waals surface area (Å²) in [6.45, 7) is 11.7. The van der Waals surface area contributed by atoms with E-state index in [4.69, 9.17) is 4.42 Å². The highest BCUT2D eigenvalue weighted by Crippen LogP contribution is 2.59. The number of thiophene rings is 1. The number of aromatic nitrogens is 1. The number of para-hydroxylation sites is 2. The Morgan fingerprint density at radius 3 is 2.15 bits per heavy atom. The fourth-order valence-corrected chi connectivity index (χ4v) is 13.1. The topological polar surface area (TPSA) is 21.3 Å². The zero-order chi connectivity index (χ0) is 41.4. The lowest BCUT2D eigenvalue weighted by molar-refractivity contribution is 0.590. The molecule has 8 aromatic carbocycles. The number of hydrogen-bond acceptors (Lipinski definition) is 3. The summed E-state index contributed by atoms with van der Waals surface area (Å²) in [7, 11) is 0. The maximum atomic E-state index is 6.82. The Balaban J connectivity index is 1.23. The van der Waals surface area contributed by atoms with Crippen LogP contribution in [0.5, 0.6) is 0 Å². The van der Waals surface area contributed by atoms with Gasteiger partial charge in [-0.25, -0.2) is 0 Å². The van der Waals surface area contributed by atoms with E-state index in [2.05, 4.69) is 202 Å². The van der Waals surface area contributed by atoms with E-state index in [0.29, 0.717) is 0 Å². The van der Waals surface area contributed by atoms with Crippen LogP contribution < -0.4 is 15.8 Å². The molecule has 0 fully saturated rings. The molecule has 0 spiro atoms. The molecule has 294 valence electrons. The molecule has 1 aliphatic carbocycles. The van der Waals surface area contributed by atoms with E-state index in [1.54, 1.807) is 0 Å². The van der Waals surface area contributed by atoms with Crippen LogP contribution in [0, 0.1) is 0 Å². The van der Waals surface area contributed by atoms with E-state index >= 15 is 0 Å². The van der Waals surface area contributed by atoms with E-state index in [-0.39, 0.29) is 17.7 Å². The Hall–Kier alpha value is -6.82. The smallest absolute Gasteiger partial charge is 0.334 e. The molecule has 0 N–H and O–H groups in total. The Morgan fingerprint density at radius 1 is 0.565 bits per heavy atom. The van der Waals surface area contributed by atoms with Gasteiger partial charge in [-0.2, -0.15) is 0 Å². The van der Waals surface area contributed by atoms with Crippen LogP contribution in [0.2, 0.25) is 0 Å². The minimum Gasteiger partial charge on any atom is -0.456 e. The van der Waals surface area contributed by atoms with E-state index in [0.717, 1.165) is 16.6 Å². The van der Waals surface area contributed by atoms with Crippen molar-refractivity contribution in [2.75, 3.05) is 4.90 Å². The average molecular weight is 813 g/mol. The molecule has 0 saturated carbocycles. The van der Waals surface area contributed by atoms with Gasteiger partial charge < -0.3 is 13.8 Å². The molecule has 0 bridgehead atoms. The first-order valence-corrected chi connectivity index (χ1v) is 22.7. The molecule has 0 radical (unpaired) electrons. The van der Waals surface area contributed by atoms with E-state index in [1.807, 2.05) is 11.3 Å². The van der Waals surface area contributed by atoms with Gasteiger partial charge in [0.25, 0.3) is 0 Å². The van der Waals surface area contributed by atoms with Crippen molar-refractivity contribution in [1.29, 1.82) is 0 Å². The van der Waals surface area contributed by atoms with Gasteiger partial charge in [-0.1, -0.05) is 150 Å². The van der Waals surface area contributed by atoms with Crippen molar-refractivity contribution < 1.29 is 4.42 Å². The molecule has 5 heterocycles. The van der Waals surface area contributed by atoms with E-state index < -0.39 is 0 Å². The molecular weight excluding hydrogens is 772 g/mol. The molecule has 5 heteroatoms. The third-order valence-electron chi connectivity index (χ3n) is 14.5. The molecule has 0 saturated heterocycles. The van der Waals surface area contributed by atoms with Gasteiger partial charge >= 0.3 is 6.85 Å². The van der Waals surface area contributed by atoms with Crippen LogP contribution in [0.25, 0.3) is 86.5 Å². The first-order valence-electron chi connectivity index (χ1n) is 21.9. The van der Waals surface area contributed by atoms with Crippen molar-refractivity contribution >= 4 is 99.3 Å². The van der Waals surface area contributed by atoms with Crippen LogP contribution in [0.3, 0.4) is 0 Å². The Morgan fingerprint density at radius 2 is 1.29 bits per heavy atom. The van der Waals surface area contributed by atoms with Crippen LogP contribution in [0.4, 0.5) is 17.1 Å². The molecule has 3 aliphatic rings. The predicted molar refractivity (Wildman–Crippen MR) is 264 cm³/mol. The number of benzene rings is 8. The van der Waals surface area contributed by atoms with Crippen molar-refractivity contribution in [3.63, 3.8) is 0 Å².